The van der Waals surface area contributed by atoms with Crippen LogP contribution in [0.25, 0.3) is 11.2 Å². The number of ether oxygens (including phenoxy) is 2. The summed E-state index contributed by atoms with van der Waals surface area (Å²) in [5.74, 6) is -2.62. The third-order valence-corrected chi connectivity index (χ3v) is 8.57. The van der Waals surface area contributed by atoms with Crippen molar-refractivity contribution in [2.45, 2.75) is 95.3 Å². The van der Waals surface area contributed by atoms with Crippen LogP contribution >= 0.6 is 7.75 Å². The number of nitrogens with one attached hydrogen (secondary N) is 1. The molecule has 1 aliphatic heterocycles. The number of aliphatic hydroxyl groups is 1. The lowest BCUT2D eigenvalue weighted by atomic mass is 10.1. The van der Waals surface area contributed by atoms with Crippen LogP contribution in [0.2, 0.25) is 0 Å². The Labute approximate surface area is 302 Å². The number of carbonyl (C=O) groups is 3. The van der Waals surface area contributed by atoms with E-state index in [1.165, 1.54) is 17.2 Å². The lowest BCUT2D eigenvalue weighted by Gasteiger charge is -2.22. The highest BCUT2D eigenvalue weighted by Crippen LogP contribution is 2.40. The van der Waals surface area contributed by atoms with Crippen LogP contribution in [0, 0.1) is 0 Å². The quantitative estimate of drug-likeness (QED) is 0.0438. The molecule has 0 spiro atoms. The van der Waals surface area contributed by atoms with E-state index in [0.29, 0.717) is 12.8 Å². The first-order valence-corrected chi connectivity index (χ1v) is 18.6. The number of rotatable bonds is 22. The zero-order valence-corrected chi connectivity index (χ0v) is 30.0. The van der Waals surface area contributed by atoms with Crippen LogP contribution in [0.5, 0.6) is 0 Å². The van der Waals surface area contributed by atoms with Crippen LogP contribution in [-0.4, -0.2) is 78.3 Å². The maximum absolute atomic E-state index is 12.9. The molecule has 52 heavy (non-hydrogen) atoms. The number of imidazole rings is 1. The van der Waals surface area contributed by atoms with Crippen molar-refractivity contribution in [3.8, 4) is 0 Å². The molecule has 18 heteroatoms. The number of aliphatic hydroxyl groups excluding tert-OH is 1. The molecule has 1 fully saturated rings. The number of nitrogens with zero attached hydrogens (tertiary/aromatic N) is 4. The molecular formula is C34H49N8O9P. The van der Waals surface area contributed by atoms with E-state index in [0.717, 1.165) is 32.1 Å². The molecule has 0 aliphatic carbocycles. The van der Waals surface area contributed by atoms with Crippen molar-refractivity contribution in [1.29, 1.82) is 0 Å². The summed E-state index contributed by atoms with van der Waals surface area (Å²) in [6.07, 6.45) is 23.1. The number of allylic oxidation sites excluding steroid dienone is 10. The summed E-state index contributed by atoms with van der Waals surface area (Å²) < 4.78 is 30.6. The Kier molecular flexibility index (Phi) is 17.5. The van der Waals surface area contributed by atoms with Crippen LogP contribution in [0.3, 0.4) is 0 Å². The Hall–Kier alpha value is -4.51. The number of nitrogens with two attached hydrogens (primary N) is 3. The topological polar surface area (TPSA) is 270 Å². The van der Waals surface area contributed by atoms with Crippen LogP contribution < -0.4 is 22.3 Å². The minimum absolute atomic E-state index is 0.0137. The summed E-state index contributed by atoms with van der Waals surface area (Å²) in [7, 11) is -4.86. The molecule has 2 aromatic heterocycles. The highest BCUT2D eigenvalue weighted by atomic mass is 31.2. The molecule has 0 aromatic carbocycles. The summed E-state index contributed by atoms with van der Waals surface area (Å²) in [6, 6.07) is -1.50. The standard InChI is InChI=1S/C34H49N8O9P/c1-2-3-4-5-6-7-8-9-10-11-12-13-14-15-16-17-18-19-27(44)51-30-25(21-49-52(47,48)41-33(46)24(35)20-26(36)43)50-34(29(30)45)42-23-40-28-31(37)38-22-39-32(28)42/h3-4,6-7,9-10,12-13,15-16,22-25,29-30,34,45H,2,5,8,11,14,17-21,35H2,1H3,(H2,36,43)(H2,37,38,39)(H2,41,46,47,48)/b4-3-,7-6-,10-9-,13-12-,16-15-/t24-,25+,29+,30+,34+/m0/s1. The van der Waals surface area contributed by atoms with E-state index in [2.05, 4.69) is 70.5 Å². The lowest BCUT2D eigenvalue weighted by molar-refractivity contribution is -0.156. The molecular weight excluding hydrogens is 695 g/mol. The zero-order chi connectivity index (χ0) is 37.9. The molecule has 0 radical (unpaired) electrons. The first kappa shape index (κ1) is 41.9. The first-order valence-electron chi connectivity index (χ1n) is 17.0. The molecule has 284 valence electrons. The number of carbonyl (C=O) groups excluding carboxylic acids is 3. The molecule has 1 saturated heterocycles. The number of amides is 2. The molecule has 2 aromatic rings. The number of aromatic nitrogens is 4. The van der Waals surface area contributed by atoms with Gasteiger partial charge in [-0.05, 0) is 44.9 Å². The third-order valence-electron chi connectivity index (χ3n) is 7.57. The summed E-state index contributed by atoms with van der Waals surface area (Å²) in [4.78, 5) is 58.5. The monoisotopic (exact) mass is 744 g/mol. The first-order chi connectivity index (χ1) is 24.9. The van der Waals surface area contributed by atoms with Gasteiger partial charge >= 0.3 is 13.7 Å². The second-order valence-corrected chi connectivity index (χ2v) is 13.3. The van der Waals surface area contributed by atoms with Gasteiger partial charge in [-0.3, -0.25) is 28.6 Å². The average Bonchev–Trinajstić information content (AvgIpc) is 3.66. The largest absolute Gasteiger partial charge is 0.457 e. The number of anilines is 1. The molecule has 2 amide bonds. The Morgan fingerprint density at radius 2 is 1.63 bits per heavy atom. The fourth-order valence-electron chi connectivity index (χ4n) is 4.97. The Morgan fingerprint density at radius 1 is 1.02 bits per heavy atom. The van der Waals surface area contributed by atoms with Crippen LogP contribution in [0.1, 0.15) is 70.9 Å². The normalized spacial score (nSPS) is 21.2. The van der Waals surface area contributed by atoms with E-state index >= 15 is 0 Å². The summed E-state index contributed by atoms with van der Waals surface area (Å²) in [5, 5.41) is 13.0. The van der Waals surface area contributed by atoms with Crippen LogP contribution in [0.15, 0.2) is 73.4 Å². The van der Waals surface area contributed by atoms with Crippen molar-refractivity contribution in [1.82, 2.24) is 24.6 Å². The number of unbranched alkanes of at least 4 members (excludes halogenated alkanes) is 1. The number of nitrogen functional groups attached to an aromatic ring is 1. The molecule has 1 aliphatic rings. The van der Waals surface area contributed by atoms with E-state index in [1.54, 1.807) is 5.09 Å². The van der Waals surface area contributed by atoms with Gasteiger partial charge in [-0.1, -0.05) is 67.7 Å². The van der Waals surface area contributed by atoms with E-state index in [4.69, 9.17) is 31.2 Å². The maximum Gasteiger partial charge on any atom is 0.432 e. The number of hydrogen-bond donors (Lipinski definition) is 6. The van der Waals surface area contributed by atoms with Gasteiger partial charge in [0.1, 0.15) is 24.1 Å². The van der Waals surface area contributed by atoms with Crippen molar-refractivity contribution in [3.05, 3.63) is 73.4 Å². The minimum atomic E-state index is -4.86. The molecule has 3 rings (SSSR count). The van der Waals surface area contributed by atoms with Gasteiger partial charge in [-0.2, -0.15) is 0 Å². The Bertz CT molecular complexity index is 1670. The summed E-state index contributed by atoms with van der Waals surface area (Å²) in [5.41, 5.74) is 16.9. The number of hydrogen-bond acceptors (Lipinski definition) is 13. The zero-order valence-electron chi connectivity index (χ0n) is 29.1. The summed E-state index contributed by atoms with van der Waals surface area (Å²) in [6.45, 7) is 1.40. The molecule has 6 atom stereocenters. The van der Waals surface area contributed by atoms with Gasteiger partial charge in [0.2, 0.25) is 11.8 Å². The van der Waals surface area contributed by atoms with E-state index in [9.17, 15) is 28.9 Å². The fourth-order valence-corrected chi connectivity index (χ4v) is 5.83. The van der Waals surface area contributed by atoms with E-state index in [-0.39, 0.29) is 23.4 Å². The number of fused-ring (bicyclic) bond motifs is 1. The van der Waals surface area contributed by atoms with E-state index < -0.39 is 69.1 Å². The van der Waals surface area contributed by atoms with Crippen molar-refractivity contribution in [2.24, 2.45) is 11.5 Å². The van der Waals surface area contributed by atoms with E-state index in [1.807, 2.05) is 12.2 Å². The SMILES string of the molecule is CC/C=C\C/C=C\C/C=C\C/C=C\C/C=C\CCCC(=O)O[C@H]1[C@@H](O)[C@H](n2cnc3c(N)ncnc32)O[C@@H]1COP(=O)(O)NC(=O)[C@@H](N)CC(N)=O. The highest BCUT2D eigenvalue weighted by Gasteiger charge is 2.48. The van der Waals surface area contributed by atoms with Crippen molar-refractivity contribution in [2.75, 3.05) is 12.3 Å². The van der Waals surface area contributed by atoms with Gasteiger partial charge in [0.25, 0.3) is 0 Å². The van der Waals surface area contributed by atoms with Crippen molar-refractivity contribution < 1.29 is 42.9 Å². The highest BCUT2D eigenvalue weighted by molar-refractivity contribution is 7.51. The molecule has 0 saturated carbocycles. The lowest BCUT2D eigenvalue weighted by Crippen LogP contribution is -2.42. The maximum atomic E-state index is 12.9. The van der Waals surface area contributed by atoms with Crippen LogP contribution in [0.4, 0.5) is 5.82 Å². The molecule has 0 bridgehead atoms. The predicted molar refractivity (Wildman–Crippen MR) is 194 cm³/mol. The third kappa shape index (κ3) is 13.9. The van der Waals surface area contributed by atoms with Gasteiger partial charge in [0, 0.05) is 6.42 Å². The molecule has 1 unspecified atom stereocenters. The fraction of sp³-hybridized carbons (Fsp3) is 0.471. The summed E-state index contributed by atoms with van der Waals surface area (Å²) >= 11 is 0. The average molecular weight is 745 g/mol. The van der Waals surface area contributed by atoms with Crippen molar-refractivity contribution >= 4 is 42.5 Å². The predicted octanol–water partition coefficient (Wildman–Crippen LogP) is 2.94. The second kappa shape index (κ2) is 21.8. The molecule has 3 heterocycles. The van der Waals surface area contributed by atoms with Gasteiger partial charge < -0.3 is 36.7 Å². The Balaban J connectivity index is 1.52. The van der Waals surface area contributed by atoms with Crippen molar-refractivity contribution in [3.63, 3.8) is 0 Å². The van der Waals surface area contributed by atoms with Crippen LogP contribution in [-0.2, 0) is 32.9 Å². The number of primary amides is 1. The minimum Gasteiger partial charge on any atom is -0.457 e. The Morgan fingerprint density at radius 3 is 2.25 bits per heavy atom. The molecule has 17 nitrogen and oxygen atoms in total. The van der Waals surface area contributed by atoms with Gasteiger partial charge in [-0.15, -0.1) is 0 Å². The smallest absolute Gasteiger partial charge is 0.432 e. The second-order valence-electron chi connectivity index (χ2n) is 11.8. The number of esters is 1. The van der Waals surface area contributed by atoms with Gasteiger partial charge in [0.05, 0.1) is 25.4 Å². The van der Waals surface area contributed by atoms with Gasteiger partial charge in [0.15, 0.2) is 23.8 Å². The van der Waals surface area contributed by atoms with Gasteiger partial charge in [-0.25, -0.2) is 19.5 Å². The molecule has 9 N–H and O–H groups in total.